The van der Waals surface area contributed by atoms with Crippen LogP contribution in [-0.2, 0) is 18.3 Å². The summed E-state index contributed by atoms with van der Waals surface area (Å²) >= 11 is 0. The largest absolute Gasteiger partial charge is 0.385 e. The predicted molar refractivity (Wildman–Crippen MR) is 102 cm³/mol. The molecular weight excluding hydrogens is 391 g/mol. The third kappa shape index (κ3) is 5.15. The van der Waals surface area contributed by atoms with E-state index in [4.69, 9.17) is 4.74 Å². The van der Waals surface area contributed by atoms with E-state index in [1.54, 1.807) is 7.11 Å². The van der Waals surface area contributed by atoms with E-state index in [1.165, 1.54) is 18.5 Å². The van der Waals surface area contributed by atoms with Crippen LogP contribution in [0, 0.1) is 5.41 Å². The van der Waals surface area contributed by atoms with Gasteiger partial charge in [-0.05, 0) is 36.8 Å². The molecule has 1 aliphatic carbocycles. The molecule has 1 N–H and O–H groups in total. The van der Waals surface area contributed by atoms with E-state index in [2.05, 4.69) is 52.2 Å². The molecule has 5 nitrogen and oxygen atoms in total. The Labute approximate surface area is 151 Å². The van der Waals surface area contributed by atoms with Gasteiger partial charge in [0.1, 0.15) is 0 Å². The van der Waals surface area contributed by atoms with Gasteiger partial charge in [0, 0.05) is 53.3 Å². The van der Waals surface area contributed by atoms with E-state index >= 15 is 0 Å². The molecule has 126 valence electrons. The third-order valence-electron chi connectivity index (χ3n) is 4.44. The molecule has 0 radical (unpaired) electrons. The van der Waals surface area contributed by atoms with Gasteiger partial charge < -0.3 is 19.5 Å². The Morgan fingerprint density at radius 2 is 2.23 bits per heavy atom. The number of hydrogen-bond donors (Lipinski definition) is 1. The minimum Gasteiger partial charge on any atom is -0.385 e. The van der Waals surface area contributed by atoms with Gasteiger partial charge in [-0.2, -0.15) is 0 Å². The summed E-state index contributed by atoms with van der Waals surface area (Å²) in [7, 11) is 7.77. The molecule has 0 aromatic carbocycles. The maximum Gasteiger partial charge on any atom is 0.193 e. The number of methoxy groups -OCH3 is 1. The Morgan fingerprint density at radius 1 is 1.50 bits per heavy atom. The molecule has 0 saturated heterocycles. The molecule has 0 spiro atoms. The first-order chi connectivity index (χ1) is 10.1. The van der Waals surface area contributed by atoms with Crippen LogP contribution in [0.15, 0.2) is 23.3 Å². The fraction of sp³-hybridized carbons (Fsp3) is 0.688. The first-order valence-corrected chi connectivity index (χ1v) is 7.61. The van der Waals surface area contributed by atoms with Crippen molar-refractivity contribution in [2.45, 2.75) is 25.8 Å². The molecule has 0 bridgehead atoms. The Kier molecular flexibility index (Phi) is 7.68. The van der Waals surface area contributed by atoms with E-state index in [-0.39, 0.29) is 24.0 Å². The zero-order valence-electron chi connectivity index (χ0n) is 14.1. The van der Waals surface area contributed by atoms with Gasteiger partial charge in [0.05, 0.1) is 6.54 Å². The lowest BCUT2D eigenvalue weighted by molar-refractivity contribution is 0.172. The second-order valence-corrected chi connectivity index (χ2v) is 6.11. The summed E-state index contributed by atoms with van der Waals surface area (Å²) in [4.78, 5) is 6.57. The van der Waals surface area contributed by atoms with E-state index in [0.717, 1.165) is 32.1 Å². The van der Waals surface area contributed by atoms with E-state index in [1.807, 2.05) is 7.05 Å². The molecule has 1 aliphatic rings. The van der Waals surface area contributed by atoms with Gasteiger partial charge in [-0.1, -0.05) is 0 Å². The van der Waals surface area contributed by atoms with Gasteiger partial charge in [0.2, 0.25) is 0 Å². The minimum atomic E-state index is 0. The van der Waals surface area contributed by atoms with Gasteiger partial charge in [0.25, 0.3) is 0 Å². The summed E-state index contributed by atoms with van der Waals surface area (Å²) in [5.74, 6) is 0.958. The van der Waals surface area contributed by atoms with Crippen LogP contribution in [0.5, 0.6) is 0 Å². The molecule has 1 fully saturated rings. The molecule has 6 heteroatoms. The van der Waals surface area contributed by atoms with Gasteiger partial charge >= 0.3 is 0 Å². The lowest BCUT2D eigenvalue weighted by Gasteiger charge is -2.24. The minimum absolute atomic E-state index is 0. The summed E-state index contributed by atoms with van der Waals surface area (Å²) < 4.78 is 7.35. The van der Waals surface area contributed by atoms with Crippen LogP contribution in [-0.4, -0.2) is 49.8 Å². The average molecular weight is 420 g/mol. The number of aromatic nitrogens is 1. The lowest BCUT2D eigenvalue weighted by Crippen LogP contribution is -2.41. The Bertz CT molecular complexity index is 482. The number of guanidine groups is 1. The highest BCUT2D eigenvalue weighted by molar-refractivity contribution is 14.0. The number of aryl methyl sites for hydroxylation is 1. The normalized spacial score (nSPS) is 16.1. The highest BCUT2D eigenvalue weighted by Gasteiger charge is 2.42. The Balaban J connectivity index is 0.00000242. The zero-order valence-corrected chi connectivity index (χ0v) is 16.5. The fourth-order valence-electron chi connectivity index (χ4n) is 2.64. The fourth-order valence-corrected chi connectivity index (χ4v) is 2.64. The van der Waals surface area contributed by atoms with Crippen molar-refractivity contribution in [3.8, 4) is 0 Å². The number of halogens is 1. The van der Waals surface area contributed by atoms with Crippen molar-refractivity contribution in [3.05, 3.63) is 24.0 Å². The predicted octanol–water partition coefficient (Wildman–Crippen LogP) is 2.47. The molecule has 1 aromatic heterocycles. The monoisotopic (exact) mass is 420 g/mol. The van der Waals surface area contributed by atoms with Crippen molar-refractivity contribution in [2.75, 3.05) is 34.4 Å². The van der Waals surface area contributed by atoms with Crippen molar-refractivity contribution in [2.24, 2.45) is 17.5 Å². The number of hydrogen-bond acceptors (Lipinski definition) is 2. The molecule has 1 heterocycles. The molecule has 0 aliphatic heterocycles. The summed E-state index contributed by atoms with van der Waals surface area (Å²) in [6.07, 6.45) is 5.79. The molecule has 0 unspecified atom stereocenters. The second-order valence-electron chi connectivity index (χ2n) is 6.11. The van der Waals surface area contributed by atoms with E-state index in [0.29, 0.717) is 5.41 Å². The van der Waals surface area contributed by atoms with Crippen molar-refractivity contribution < 1.29 is 4.74 Å². The molecule has 0 atom stereocenters. The molecule has 22 heavy (non-hydrogen) atoms. The first kappa shape index (κ1) is 19.3. The van der Waals surface area contributed by atoms with Crippen LogP contribution < -0.4 is 5.32 Å². The van der Waals surface area contributed by atoms with Gasteiger partial charge in [-0.3, -0.25) is 4.99 Å². The molecule has 2 rings (SSSR count). The number of nitrogens with one attached hydrogen (secondary N) is 1. The molecule has 1 aromatic rings. The average Bonchev–Trinajstić information content (AvgIpc) is 3.14. The smallest absolute Gasteiger partial charge is 0.193 e. The maximum absolute atomic E-state index is 5.21. The SMILES string of the molecule is CN=C(NCC1(CCOC)CC1)N(C)Cc1cccn1C.I. The number of nitrogens with zero attached hydrogens (tertiary/aromatic N) is 3. The highest BCUT2D eigenvalue weighted by atomic mass is 127. The van der Waals surface area contributed by atoms with Crippen molar-refractivity contribution in [3.63, 3.8) is 0 Å². The number of ether oxygens (including phenoxy) is 1. The van der Waals surface area contributed by atoms with Crippen LogP contribution >= 0.6 is 24.0 Å². The summed E-state index contributed by atoms with van der Waals surface area (Å²) in [6.45, 7) is 2.69. The summed E-state index contributed by atoms with van der Waals surface area (Å²) in [5, 5.41) is 3.52. The quantitative estimate of drug-likeness (QED) is 0.419. The number of aliphatic imine (C=N–C) groups is 1. The summed E-state index contributed by atoms with van der Waals surface area (Å²) in [5.41, 5.74) is 1.71. The van der Waals surface area contributed by atoms with Crippen LogP contribution in [0.4, 0.5) is 0 Å². The highest BCUT2D eigenvalue weighted by Crippen LogP contribution is 2.48. The third-order valence-corrected chi connectivity index (χ3v) is 4.44. The molecular formula is C16H29IN4O. The topological polar surface area (TPSA) is 41.8 Å². The summed E-state index contributed by atoms with van der Waals surface area (Å²) in [6, 6.07) is 4.22. The van der Waals surface area contributed by atoms with Gasteiger partial charge in [-0.15, -0.1) is 24.0 Å². The van der Waals surface area contributed by atoms with Gasteiger partial charge in [0.15, 0.2) is 5.96 Å². The lowest BCUT2D eigenvalue weighted by atomic mass is 10.0. The first-order valence-electron chi connectivity index (χ1n) is 7.61. The van der Waals surface area contributed by atoms with Crippen molar-refractivity contribution >= 4 is 29.9 Å². The molecule has 1 saturated carbocycles. The zero-order chi connectivity index (χ0) is 15.3. The number of rotatable bonds is 7. The van der Waals surface area contributed by atoms with Crippen LogP contribution in [0.25, 0.3) is 0 Å². The second kappa shape index (κ2) is 8.76. The molecule has 0 amide bonds. The van der Waals surface area contributed by atoms with Gasteiger partial charge in [-0.25, -0.2) is 0 Å². The van der Waals surface area contributed by atoms with E-state index < -0.39 is 0 Å². The van der Waals surface area contributed by atoms with Crippen molar-refractivity contribution in [1.82, 2.24) is 14.8 Å². The Morgan fingerprint density at radius 3 is 2.73 bits per heavy atom. The van der Waals surface area contributed by atoms with Crippen LogP contribution in [0.1, 0.15) is 25.0 Å². The Hall–Kier alpha value is -0.760. The standard InChI is InChI=1S/C16H28N4O.HI/c1-17-15(18-13-16(7-8-16)9-11-21-4)20(3)12-14-6-5-10-19(14)2;/h5-6,10H,7-9,11-13H2,1-4H3,(H,17,18);1H. The van der Waals surface area contributed by atoms with Crippen molar-refractivity contribution in [1.29, 1.82) is 0 Å². The van der Waals surface area contributed by atoms with Crippen LogP contribution in [0.2, 0.25) is 0 Å². The van der Waals surface area contributed by atoms with Crippen LogP contribution in [0.3, 0.4) is 0 Å². The maximum atomic E-state index is 5.21. The van der Waals surface area contributed by atoms with E-state index in [9.17, 15) is 0 Å².